The van der Waals surface area contributed by atoms with Gasteiger partial charge in [0.2, 0.25) is 5.88 Å². The Hall–Kier alpha value is -2.29. The monoisotopic (exact) mass is 388 g/mol. The molecule has 1 spiro atoms. The smallest absolute Gasteiger partial charge is 0.309 e. The second-order valence-electron chi connectivity index (χ2n) is 7.38. The molecule has 2 fully saturated rings. The number of hydrogen-bond acceptors (Lipinski definition) is 7. The summed E-state index contributed by atoms with van der Waals surface area (Å²) in [6.45, 7) is 1.15. The van der Waals surface area contributed by atoms with Crippen molar-refractivity contribution in [2.45, 2.75) is 37.6 Å². The number of aromatic nitrogens is 2. The van der Waals surface area contributed by atoms with Crippen molar-refractivity contribution in [3.8, 4) is 5.88 Å². The average molecular weight is 388 g/mol. The minimum Gasteiger partial charge on any atom is -0.481 e. The molecule has 150 valence electrons. The van der Waals surface area contributed by atoms with E-state index in [0.29, 0.717) is 61.4 Å². The molecule has 1 aliphatic heterocycles. The second-order valence-corrected chi connectivity index (χ2v) is 7.38. The van der Waals surface area contributed by atoms with Gasteiger partial charge in [0.25, 0.3) is 0 Å². The molecule has 0 bridgehead atoms. The van der Waals surface area contributed by atoms with E-state index < -0.39 is 23.8 Å². The molecular formula is C20H24N2O6. The Morgan fingerprint density at radius 1 is 1.25 bits per heavy atom. The fourth-order valence-corrected chi connectivity index (χ4v) is 4.39. The number of rotatable bonds is 5. The van der Waals surface area contributed by atoms with Crippen LogP contribution in [-0.4, -0.2) is 52.3 Å². The van der Waals surface area contributed by atoms with Crippen LogP contribution in [0.1, 0.15) is 37.4 Å². The average Bonchev–Trinajstić information content (AvgIpc) is 3.16. The summed E-state index contributed by atoms with van der Waals surface area (Å²) in [6.07, 6.45) is 2.87. The summed E-state index contributed by atoms with van der Waals surface area (Å²) in [4.78, 5) is 20.7. The summed E-state index contributed by atoms with van der Waals surface area (Å²) in [5, 5.41) is 21.0. The lowest BCUT2D eigenvalue weighted by Gasteiger charge is -2.38. The number of carboxylic acids is 1. The van der Waals surface area contributed by atoms with Crippen LogP contribution in [0.3, 0.4) is 0 Å². The molecule has 2 aromatic heterocycles. The molecule has 0 aromatic carbocycles. The van der Waals surface area contributed by atoms with Crippen LogP contribution in [0.5, 0.6) is 5.88 Å². The first-order valence-corrected chi connectivity index (χ1v) is 9.51. The van der Waals surface area contributed by atoms with Gasteiger partial charge in [-0.15, -0.1) is 0 Å². The Bertz CT molecular complexity index is 857. The van der Waals surface area contributed by atoms with Crippen molar-refractivity contribution in [2.75, 3.05) is 20.3 Å². The van der Waals surface area contributed by atoms with Crippen molar-refractivity contribution in [1.29, 1.82) is 0 Å². The number of ether oxygens (including phenoxy) is 3. The highest BCUT2D eigenvalue weighted by Crippen LogP contribution is 2.44. The lowest BCUT2D eigenvalue weighted by Crippen LogP contribution is -2.40. The van der Waals surface area contributed by atoms with Crippen molar-refractivity contribution < 1.29 is 29.2 Å². The highest BCUT2D eigenvalue weighted by atomic mass is 16.7. The summed E-state index contributed by atoms with van der Waals surface area (Å²) in [7, 11) is 1.51. The molecule has 1 aliphatic carbocycles. The number of hydrogen-bond donors (Lipinski definition) is 2. The van der Waals surface area contributed by atoms with E-state index in [0.717, 1.165) is 0 Å². The van der Waals surface area contributed by atoms with E-state index in [1.165, 1.54) is 7.11 Å². The number of carboxylic acid groups (broad SMARTS) is 1. The maximum Gasteiger partial charge on any atom is 0.309 e. The van der Waals surface area contributed by atoms with Crippen molar-refractivity contribution in [3.63, 3.8) is 0 Å². The molecule has 2 aliphatic rings. The van der Waals surface area contributed by atoms with E-state index >= 15 is 0 Å². The lowest BCUT2D eigenvalue weighted by molar-refractivity contribution is -0.189. The van der Waals surface area contributed by atoms with Crippen LogP contribution >= 0.6 is 0 Å². The van der Waals surface area contributed by atoms with Crippen LogP contribution < -0.4 is 4.74 Å². The number of carbonyl (C=O) groups is 1. The first-order chi connectivity index (χ1) is 13.5. The van der Waals surface area contributed by atoms with Gasteiger partial charge < -0.3 is 24.4 Å². The van der Waals surface area contributed by atoms with Gasteiger partial charge in [0.15, 0.2) is 5.79 Å². The number of aliphatic hydroxyl groups is 1. The minimum absolute atomic E-state index is 0.181. The Kier molecular flexibility index (Phi) is 5.18. The zero-order chi connectivity index (χ0) is 19.7. The van der Waals surface area contributed by atoms with Crippen LogP contribution in [0.4, 0.5) is 0 Å². The predicted octanol–water partition coefficient (Wildman–Crippen LogP) is 2.31. The Morgan fingerprint density at radius 3 is 2.61 bits per heavy atom. The fourth-order valence-electron chi connectivity index (χ4n) is 4.39. The van der Waals surface area contributed by atoms with E-state index in [2.05, 4.69) is 9.97 Å². The largest absolute Gasteiger partial charge is 0.481 e. The fraction of sp³-hybridized carbons (Fsp3) is 0.550. The zero-order valence-electron chi connectivity index (χ0n) is 15.7. The van der Waals surface area contributed by atoms with Gasteiger partial charge in [-0.3, -0.25) is 9.78 Å². The number of aliphatic carboxylic acids is 1. The second kappa shape index (κ2) is 7.62. The minimum atomic E-state index is -1.20. The van der Waals surface area contributed by atoms with Gasteiger partial charge >= 0.3 is 5.97 Å². The van der Waals surface area contributed by atoms with Crippen LogP contribution in [0.25, 0.3) is 11.0 Å². The molecule has 2 atom stereocenters. The van der Waals surface area contributed by atoms with Crippen molar-refractivity contribution in [3.05, 3.63) is 30.0 Å². The molecule has 8 heteroatoms. The SMILES string of the molecule is COc1ccc2nccc(C(O)C(C(=O)O)C3CCC4(CC3)OCCO4)c2n1. The number of pyridine rings is 2. The van der Waals surface area contributed by atoms with E-state index in [-0.39, 0.29) is 5.92 Å². The maximum atomic E-state index is 12.1. The third kappa shape index (κ3) is 3.43. The van der Waals surface area contributed by atoms with E-state index in [9.17, 15) is 15.0 Å². The van der Waals surface area contributed by atoms with Gasteiger partial charge in [0, 0.05) is 30.7 Å². The predicted molar refractivity (Wildman–Crippen MR) is 98.8 cm³/mol. The molecule has 28 heavy (non-hydrogen) atoms. The highest BCUT2D eigenvalue weighted by molar-refractivity contribution is 5.80. The molecule has 2 N–H and O–H groups in total. The summed E-state index contributed by atoms with van der Waals surface area (Å²) >= 11 is 0. The quantitative estimate of drug-likeness (QED) is 0.803. The lowest BCUT2D eigenvalue weighted by atomic mass is 9.74. The van der Waals surface area contributed by atoms with Gasteiger partial charge in [0.1, 0.15) is 0 Å². The van der Waals surface area contributed by atoms with E-state index in [1.807, 2.05) is 0 Å². The summed E-state index contributed by atoms with van der Waals surface area (Å²) in [6, 6.07) is 5.05. The summed E-state index contributed by atoms with van der Waals surface area (Å²) in [5.41, 5.74) is 1.48. The van der Waals surface area contributed by atoms with Gasteiger partial charge in [0.05, 0.1) is 43.4 Å². The number of methoxy groups -OCH3 is 1. The van der Waals surface area contributed by atoms with Crippen molar-refractivity contribution in [2.24, 2.45) is 11.8 Å². The van der Waals surface area contributed by atoms with Crippen LogP contribution in [0.2, 0.25) is 0 Å². The van der Waals surface area contributed by atoms with Gasteiger partial charge in [-0.05, 0) is 30.9 Å². The third-order valence-electron chi connectivity index (χ3n) is 5.86. The Morgan fingerprint density at radius 2 is 1.96 bits per heavy atom. The third-order valence-corrected chi connectivity index (χ3v) is 5.86. The molecule has 2 unspecified atom stereocenters. The van der Waals surface area contributed by atoms with E-state index in [4.69, 9.17) is 14.2 Å². The Labute approximate surface area is 162 Å². The molecule has 8 nitrogen and oxygen atoms in total. The first kappa shape index (κ1) is 19.0. The summed E-state index contributed by atoms with van der Waals surface area (Å²) < 4.78 is 16.6. The van der Waals surface area contributed by atoms with Gasteiger partial charge in [-0.1, -0.05) is 0 Å². The van der Waals surface area contributed by atoms with Crippen molar-refractivity contribution >= 4 is 17.0 Å². The molecule has 4 rings (SSSR count). The molecule has 0 radical (unpaired) electrons. The first-order valence-electron chi connectivity index (χ1n) is 9.51. The Balaban J connectivity index is 1.62. The van der Waals surface area contributed by atoms with Crippen LogP contribution in [0, 0.1) is 11.8 Å². The zero-order valence-corrected chi connectivity index (χ0v) is 15.7. The molecular weight excluding hydrogens is 364 g/mol. The molecule has 2 aromatic rings. The molecule has 1 saturated heterocycles. The molecule has 1 saturated carbocycles. The molecule has 0 amide bonds. The number of fused-ring (bicyclic) bond motifs is 1. The van der Waals surface area contributed by atoms with E-state index in [1.54, 1.807) is 24.4 Å². The van der Waals surface area contributed by atoms with Gasteiger partial charge in [-0.2, -0.15) is 0 Å². The van der Waals surface area contributed by atoms with Gasteiger partial charge in [-0.25, -0.2) is 4.98 Å². The highest BCUT2D eigenvalue weighted by Gasteiger charge is 2.45. The standard InChI is InChI=1S/C20H24N2O6/c1-26-15-3-2-14-17(22-15)13(6-9-21-14)18(23)16(19(24)25)12-4-7-20(8-5-12)27-10-11-28-20/h2-3,6,9,12,16,18,23H,4-5,7-8,10-11H2,1H3,(H,24,25). The van der Waals surface area contributed by atoms with Crippen LogP contribution in [-0.2, 0) is 14.3 Å². The van der Waals surface area contributed by atoms with Crippen molar-refractivity contribution in [1.82, 2.24) is 9.97 Å². The number of aliphatic hydroxyl groups excluding tert-OH is 1. The summed E-state index contributed by atoms with van der Waals surface area (Å²) in [5.74, 6) is -2.33. The normalized spacial score (nSPS) is 21.6. The number of nitrogens with zero attached hydrogens (tertiary/aromatic N) is 2. The van der Waals surface area contributed by atoms with Crippen LogP contribution in [0.15, 0.2) is 24.4 Å². The molecule has 3 heterocycles. The maximum absolute atomic E-state index is 12.1. The topological polar surface area (TPSA) is 111 Å².